The van der Waals surface area contributed by atoms with Gasteiger partial charge in [0.2, 0.25) is 0 Å². The van der Waals surface area contributed by atoms with E-state index in [4.69, 9.17) is 17.0 Å². The Kier molecular flexibility index (Phi) is 6.40. The minimum atomic E-state index is -0.741. The van der Waals surface area contributed by atoms with Gasteiger partial charge in [0.25, 0.3) is 0 Å². The van der Waals surface area contributed by atoms with Crippen LogP contribution < -0.4 is 10.6 Å². The van der Waals surface area contributed by atoms with Crippen molar-refractivity contribution in [2.45, 2.75) is 108 Å². The van der Waals surface area contributed by atoms with Crippen molar-refractivity contribution in [1.29, 1.82) is 0 Å². The van der Waals surface area contributed by atoms with E-state index in [9.17, 15) is 5.11 Å². The zero-order chi connectivity index (χ0) is 21.7. The van der Waals surface area contributed by atoms with Crippen molar-refractivity contribution in [3.63, 3.8) is 0 Å². The molecule has 0 unspecified atom stereocenters. The number of isothiocyanates is 1. The molecule has 1 heterocycles. The Hall–Kier alpha value is -0.360. The number of aliphatic hydroxyl groups is 1. The molecular weight excluding hydrogens is 382 g/mol. The van der Waals surface area contributed by atoms with Crippen LogP contribution in [-0.4, -0.2) is 44.7 Å². The van der Waals surface area contributed by atoms with Gasteiger partial charge in [-0.2, -0.15) is 14.1 Å². The van der Waals surface area contributed by atoms with E-state index in [2.05, 4.69) is 51.9 Å². The summed E-state index contributed by atoms with van der Waals surface area (Å²) in [4.78, 5) is 4.66. The predicted octanol–water partition coefficient (Wildman–Crippen LogP) is 1.83. The first kappa shape index (κ1) is 23.3. The zero-order valence-corrected chi connectivity index (χ0v) is 19.7. The average Bonchev–Trinajstić information content (AvgIpc) is 3.05. The van der Waals surface area contributed by atoms with Crippen LogP contribution in [0.5, 0.6) is 0 Å². The highest BCUT2D eigenvalue weighted by Crippen LogP contribution is 2.57. The summed E-state index contributed by atoms with van der Waals surface area (Å²) in [5, 5.41) is 17.9. The van der Waals surface area contributed by atoms with Crippen molar-refractivity contribution in [2.75, 3.05) is 0 Å². The molecule has 0 bridgehead atoms. The summed E-state index contributed by atoms with van der Waals surface area (Å²) >= 11 is 5.01. The van der Waals surface area contributed by atoms with Crippen LogP contribution in [-0.2, 0) is 4.74 Å². The fraction of sp³-hybridized carbons (Fsp3) is 0.870. The lowest BCUT2D eigenvalue weighted by Gasteiger charge is -2.58. The van der Waals surface area contributed by atoms with Crippen LogP contribution in [0.3, 0.4) is 0 Å². The lowest BCUT2D eigenvalue weighted by atomic mass is 9.51. The minimum absolute atomic E-state index is 0.0260. The van der Waals surface area contributed by atoms with E-state index in [0.717, 1.165) is 38.5 Å². The molecule has 6 heteroatoms. The first-order valence-corrected chi connectivity index (χ1v) is 11.6. The van der Waals surface area contributed by atoms with Gasteiger partial charge in [-0.15, -0.1) is 0 Å². The number of aliphatic imine (C=N–C) groups is 1. The molecule has 5 nitrogen and oxygen atoms in total. The van der Waals surface area contributed by atoms with Crippen molar-refractivity contribution < 1.29 is 20.5 Å². The molecule has 0 aromatic heterocycles. The van der Waals surface area contributed by atoms with Gasteiger partial charge < -0.3 is 20.5 Å². The molecule has 3 rings (SSSR count). The maximum atomic E-state index is 11.2. The summed E-state index contributed by atoms with van der Waals surface area (Å²) in [5.74, 6) is 0.991. The number of rotatable bonds is 5. The van der Waals surface area contributed by atoms with Crippen molar-refractivity contribution in [3.05, 3.63) is 14.1 Å². The second kappa shape index (κ2) is 7.96. The van der Waals surface area contributed by atoms with Gasteiger partial charge in [-0.1, -0.05) is 0 Å². The second-order valence-electron chi connectivity index (χ2n) is 11.0. The molecule has 0 spiro atoms. The molecule has 5 N–H and O–H groups in total. The molecule has 0 amide bonds. The maximum Gasteiger partial charge on any atom is 0.111 e. The van der Waals surface area contributed by atoms with E-state index in [1.54, 1.807) is 0 Å². The predicted molar refractivity (Wildman–Crippen MR) is 118 cm³/mol. The molecule has 166 valence electrons. The van der Waals surface area contributed by atoms with E-state index in [1.807, 2.05) is 17.6 Å². The quantitative estimate of drug-likeness (QED) is 0.359. The molecule has 1 saturated heterocycles. The van der Waals surface area contributed by atoms with Gasteiger partial charge in [0.15, 0.2) is 0 Å². The summed E-state index contributed by atoms with van der Waals surface area (Å²) in [6, 6.07) is 0.0260. The number of thiocarbonyl (C=S) groups is 1. The third kappa shape index (κ3) is 3.97. The van der Waals surface area contributed by atoms with E-state index >= 15 is 0 Å². The maximum absolute atomic E-state index is 11.2. The van der Waals surface area contributed by atoms with E-state index < -0.39 is 5.60 Å². The van der Waals surface area contributed by atoms with Gasteiger partial charge >= 0.3 is 0 Å². The molecule has 2 saturated carbocycles. The van der Waals surface area contributed by atoms with Crippen LogP contribution in [0.25, 0.3) is 0 Å². The number of hydrogen-bond acceptors (Lipinski definition) is 4. The first-order valence-electron chi connectivity index (χ1n) is 11.2. The third-order valence-corrected chi connectivity index (χ3v) is 8.88. The first-order chi connectivity index (χ1) is 13.4. The summed E-state index contributed by atoms with van der Waals surface area (Å²) in [5.41, 5.74) is -1.20. The highest BCUT2D eigenvalue weighted by molar-refractivity contribution is 7.78. The topological polar surface area (TPSA) is 75.0 Å². The Balaban J connectivity index is 1.98. The van der Waals surface area contributed by atoms with E-state index in [0.29, 0.717) is 11.8 Å². The summed E-state index contributed by atoms with van der Waals surface area (Å²) in [7, 11) is 8.17. The number of fused-ring (bicyclic) bond motifs is 1. The Bertz CT molecular complexity index is 663. The highest BCUT2D eigenvalue weighted by Gasteiger charge is 2.62. The SMILES string of the molecule is [CH2-][NH2+][C@@H]1[C@@H]2[C@@H]([C@@]3(C)CC[C@@H](C(C)(C)[NH2+][CH2-])O3)CC[C@](C)(N=C=S)[C@H]2CC[C@@]1(C)O. The Labute approximate surface area is 182 Å². The smallest absolute Gasteiger partial charge is 0.111 e. The van der Waals surface area contributed by atoms with E-state index in [-0.39, 0.29) is 34.7 Å². The number of quaternary nitrogens is 2. The second-order valence-corrected chi connectivity index (χ2v) is 11.2. The van der Waals surface area contributed by atoms with Crippen molar-refractivity contribution in [1.82, 2.24) is 0 Å². The Morgan fingerprint density at radius 3 is 2.34 bits per heavy atom. The molecule has 0 aromatic rings. The van der Waals surface area contributed by atoms with Crippen molar-refractivity contribution >= 4 is 17.4 Å². The number of nitrogens with two attached hydrogens (primary N) is 2. The highest BCUT2D eigenvalue weighted by atomic mass is 32.1. The van der Waals surface area contributed by atoms with Crippen molar-refractivity contribution in [3.8, 4) is 0 Å². The van der Waals surface area contributed by atoms with Crippen LogP contribution in [0.1, 0.15) is 73.1 Å². The third-order valence-electron chi connectivity index (χ3n) is 8.79. The number of hydrogen-bond donors (Lipinski definition) is 3. The van der Waals surface area contributed by atoms with Crippen LogP contribution >= 0.6 is 12.2 Å². The van der Waals surface area contributed by atoms with Gasteiger partial charge in [0.1, 0.15) is 11.7 Å². The molecule has 29 heavy (non-hydrogen) atoms. The van der Waals surface area contributed by atoms with Gasteiger partial charge in [-0.25, -0.2) is 4.99 Å². The largest absolute Gasteiger partial charge is 0.474 e. The van der Waals surface area contributed by atoms with Crippen LogP contribution in [0.2, 0.25) is 0 Å². The van der Waals surface area contributed by atoms with Crippen LogP contribution in [0.4, 0.5) is 0 Å². The normalized spacial score (nSPS) is 48.1. The summed E-state index contributed by atoms with van der Waals surface area (Å²) in [6.07, 6.45) is 6.01. The standard InChI is InChI=1S/C23H41N3O2S/c1-20(2,25-7)17-10-13-23(5,28-17)16-8-11-21(3,26-14-29)15-9-12-22(4,27)19(24-6)18(15)16/h15-19,27H,6-13,24-25H2,1-5H3/t15-,16-,17-,18-,19+,21-,22+,23+/m0/s1. The summed E-state index contributed by atoms with van der Waals surface area (Å²) < 4.78 is 6.83. The molecule has 8 atom stereocenters. The lowest BCUT2D eigenvalue weighted by molar-refractivity contribution is -0.678. The van der Waals surface area contributed by atoms with Crippen LogP contribution in [0.15, 0.2) is 4.99 Å². The average molecular weight is 424 g/mol. The van der Waals surface area contributed by atoms with Gasteiger partial charge in [-0.3, -0.25) is 0 Å². The molecule has 1 aliphatic heterocycles. The van der Waals surface area contributed by atoms with Gasteiger partial charge in [0.05, 0.1) is 27.9 Å². The molecule has 0 radical (unpaired) electrons. The monoisotopic (exact) mass is 423 g/mol. The van der Waals surface area contributed by atoms with E-state index in [1.165, 1.54) is 0 Å². The molecule has 3 fully saturated rings. The van der Waals surface area contributed by atoms with Gasteiger partial charge in [0, 0.05) is 5.92 Å². The zero-order valence-electron chi connectivity index (χ0n) is 18.9. The lowest BCUT2D eigenvalue weighted by Crippen LogP contribution is -2.93. The molecule has 2 aliphatic carbocycles. The Morgan fingerprint density at radius 1 is 1.10 bits per heavy atom. The Morgan fingerprint density at radius 2 is 1.76 bits per heavy atom. The summed E-state index contributed by atoms with van der Waals surface area (Å²) in [6.45, 7) is 10.9. The fourth-order valence-corrected chi connectivity index (χ4v) is 6.92. The van der Waals surface area contributed by atoms with Crippen molar-refractivity contribution in [2.24, 2.45) is 22.7 Å². The molecule has 3 aliphatic rings. The molecule has 0 aromatic carbocycles. The van der Waals surface area contributed by atoms with Gasteiger partial charge in [-0.05, 0) is 97.2 Å². The van der Waals surface area contributed by atoms with Crippen LogP contribution in [0, 0.1) is 31.8 Å². The molecular formula is C23H41N3O2S. The number of ether oxygens (including phenoxy) is 1. The minimum Gasteiger partial charge on any atom is -0.474 e. The fourth-order valence-electron chi connectivity index (χ4n) is 6.71. The number of nitrogens with zero attached hydrogens (tertiary/aromatic N) is 1.